The highest BCUT2D eigenvalue weighted by molar-refractivity contribution is 5.72. The highest BCUT2D eigenvalue weighted by Crippen LogP contribution is 2.07. The van der Waals surface area contributed by atoms with Gasteiger partial charge in [-0.2, -0.15) is 0 Å². The minimum Gasteiger partial charge on any atom is -0.481 e. The first-order chi connectivity index (χ1) is 6.22. The fourth-order valence-electron chi connectivity index (χ4n) is 1.02. The third-order valence-electron chi connectivity index (χ3n) is 1.75. The smallest absolute Gasteiger partial charge is 0.310 e. The predicted molar refractivity (Wildman–Crippen MR) is 54.6 cm³/mol. The molecule has 0 fully saturated rings. The van der Waals surface area contributed by atoms with Gasteiger partial charge in [0.05, 0.1) is 5.92 Å². The van der Waals surface area contributed by atoms with Gasteiger partial charge in [-0.3, -0.25) is 4.79 Å². The number of aliphatic carboxylic acids is 1. The quantitative estimate of drug-likeness (QED) is 0.641. The Bertz CT molecular complexity index is 192. The lowest BCUT2D eigenvalue weighted by Gasteiger charge is -2.02. The molecule has 1 N–H and O–H groups in total. The molecular weight excluding hydrogens is 164 g/mol. The summed E-state index contributed by atoms with van der Waals surface area (Å²) in [4.78, 5) is 10.7. The molecule has 0 radical (unpaired) electrons. The summed E-state index contributed by atoms with van der Waals surface area (Å²) >= 11 is 0. The molecule has 0 heterocycles. The van der Waals surface area contributed by atoms with Gasteiger partial charge in [-0.1, -0.05) is 37.6 Å². The summed E-state index contributed by atoms with van der Waals surface area (Å²) in [7, 11) is 0. The lowest BCUT2D eigenvalue weighted by Crippen LogP contribution is -2.09. The Morgan fingerprint density at radius 2 is 2.15 bits per heavy atom. The van der Waals surface area contributed by atoms with Crippen LogP contribution in [-0.4, -0.2) is 11.1 Å². The Hall–Kier alpha value is -1.05. The van der Waals surface area contributed by atoms with Crippen LogP contribution in [0.25, 0.3) is 0 Å². The summed E-state index contributed by atoms with van der Waals surface area (Å²) in [6.07, 6.45) is 10.2. The van der Waals surface area contributed by atoms with Crippen molar-refractivity contribution >= 4 is 5.97 Å². The fraction of sp³-hybridized carbons (Fsp3) is 0.545. The molecule has 13 heavy (non-hydrogen) atoms. The molecule has 0 saturated carbocycles. The van der Waals surface area contributed by atoms with E-state index in [0.717, 1.165) is 12.8 Å². The summed E-state index contributed by atoms with van der Waals surface area (Å²) < 4.78 is 0. The lowest BCUT2D eigenvalue weighted by atomic mass is 10.0. The van der Waals surface area contributed by atoms with Gasteiger partial charge in [0.2, 0.25) is 0 Å². The van der Waals surface area contributed by atoms with E-state index in [1.807, 2.05) is 19.1 Å². The highest BCUT2D eigenvalue weighted by atomic mass is 16.4. The van der Waals surface area contributed by atoms with Crippen molar-refractivity contribution in [1.82, 2.24) is 0 Å². The van der Waals surface area contributed by atoms with Crippen molar-refractivity contribution in [3.8, 4) is 0 Å². The zero-order valence-electron chi connectivity index (χ0n) is 8.36. The van der Waals surface area contributed by atoms with Crippen LogP contribution in [0.15, 0.2) is 24.3 Å². The van der Waals surface area contributed by atoms with Crippen LogP contribution in [0.2, 0.25) is 0 Å². The Kier molecular flexibility index (Phi) is 6.98. The van der Waals surface area contributed by atoms with Gasteiger partial charge >= 0.3 is 5.97 Å². The monoisotopic (exact) mass is 182 g/mol. The van der Waals surface area contributed by atoms with Gasteiger partial charge in [0.1, 0.15) is 0 Å². The number of carbonyl (C=O) groups is 1. The van der Waals surface area contributed by atoms with Gasteiger partial charge in [0.15, 0.2) is 0 Å². The van der Waals surface area contributed by atoms with E-state index in [2.05, 4.69) is 6.92 Å². The highest BCUT2D eigenvalue weighted by Gasteiger charge is 2.10. The van der Waals surface area contributed by atoms with Gasteiger partial charge in [-0.05, 0) is 19.8 Å². The standard InChI is InChI=1S/C11H18O2/c1-3-5-6-7-9-10(8-4-2)11(12)13/h4,6-8,10H,3,5,9H2,1-2H3,(H,12,13)/b7-6-,8-4+/t10-/m0/s1. The normalized spacial score (nSPS) is 14.0. The molecule has 0 saturated heterocycles. The van der Waals surface area contributed by atoms with E-state index in [1.165, 1.54) is 0 Å². The molecule has 0 spiro atoms. The largest absolute Gasteiger partial charge is 0.481 e. The molecule has 0 aromatic rings. The summed E-state index contributed by atoms with van der Waals surface area (Å²) in [5.74, 6) is -1.11. The topological polar surface area (TPSA) is 37.3 Å². The number of unbranched alkanes of at least 4 members (excludes halogenated alkanes) is 1. The maximum Gasteiger partial charge on any atom is 0.310 e. The number of hydrogen-bond acceptors (Lipinski definition) is 1. The molecule has 0 aromatic heterocycles. The fourth-order valence-corrected chi connectivity index (χ4v) is 1.02. The third-order valence-corrected chi connectivity index (χ3v) is 1.75. The van der Waals surface area contributed by atoms with E-state index in [0.29, 0.717) is 6.42 Å². The van der Waals surface area contributed by atoms with Crippen LogP contribution < -0.4 is 0 Å². The van der Waals surface area contributed by atoms with Gasteiger partial charge in [-0.15, -0.1) is 0 Å². The van der Waals surface area contributed by atoms with E-state index in [4.69, 9.17) is 5.11 Å². The van der Waals surface area contributed by atoms with Crippen LogP contribution >= 0.6 is 0 Å². The van der Waals surface area contributed by atoms with Crippen LogP contribution in [0.4, 0.5) is 0 Å². The van der Waals surface area contributed by atoms with Crippen molar-refractivity contribution < 1.29 is 9.90 Å². The predicted octanol–water partition coefficient (Wildman–Crippen LogP) is 3.01. The number of carboxylic acid groups (broad SMARTS) is 1. The average molecular weight is 182 g/mol. The van der Waals surface area contributed by atoms with Crippen molar-refractivity contribution in [1.29, 1.82) is 0 Å². The van der Waals surface area contributed by atoms with Crippen LogP contribution in [-0.2, 0) is 4.79 Å². The SMILES string of the molecule is C/C=C/[C@@H](C/C=C\CCC)C(=O)O. The second kappa shape index (κ2) is 7.59. The Morgan fingerprint density at radius 3 is 2.62 bits per heavy atom. The molecule has 0 rings (SSSR count). The third kappa shape index (κ3) is 6.14. The maximum absolute atomic E-state index is 10.7. The molecule has 0 aromatic carbocycles. The first-order valence-corrected chi connectivity index (χ1v) is 4.73. The second-order valence-corrected chi connectivity index (χ2v) is 2.97. The second-order valence-electron chi connectivity index (χ2n) is 2.97. The van der Waals surface area contributed by atoms with Gasteiger partial charge in [0, 0.05) is 0 Å². The van der Waals surface area contributed by atoms with E-state index in [1.54, 1.807) is 12.2 Å². The average Bonchev–Trinajstić information content (AvgIpc) is 2.10. The van der Waals surface area contributed by atoms with Gasteiger partial charge in [0.25, 0.3) is 0 Å². The molecule has 0 aliphatic carbocycles. The number of hydrogen-bond donors (Lipinski definition) is 1. The van der Waals surface area contributed by atoms with Crippen LogP contribution in [0, 0.1) is 5.92 Å². The summed E-state index contributed by atoms with van der Waals surface area (Å²) in [5, 5.41) is 8.78. The zero-order chi connectivity index (χ0) is 10.1. The van der Waals surface area contributed by atoms with Crippen molar-refractivity contribution in [2.24, 2.45) is 5.92 Å². The van der Waals surface area contributed by atoms with E-state index >= 15 is 0 Å². The maximum atomic E-state index is 10.7. The minimum atomic E-state index is -0.751. The van der Waals surface area contributed by atoms with Crippen molar-refractivity contribution in [3.63, 3.8) is 0 Å². The van der Waals surface area contributed by atoms with E-state index in [-0.39, 0.29) is 5.92 Å². The molecule has 0 aliphatic rings. The van der Waals surface area contributed by atoms with Crippen LogP contribution in [0.5, 0.6) is 0 Å². The van der Waals surface area contributed by atoms with Gasteiger partial charge < -0.3 is 5.11 Å². The number of allylic oxidation sites excluding steroid dienone is 3. The van der Waals surface area contributed by atoms with Crippen molar-refractivity contribution in [3.05, 3.63) is 24.3 Å². The molecule has 0 unspecified atom stereocenters. The lowest BCUT2D eigenvalue weighted by molar-refractivity contribution is -0.139. The van der Waals surface area contributed by atoms with Crippen molar-refractivity contribution in [2.75, 3.05) is 0 Å². The van der Waals surface area contributed by atoms with Crippen LogP contribution in [0.3, 0.4) is 0 Å². The Labute approximate surface area is 80.0 Å². The molecule has 0 aliphatic heterocycles. The van der Waals surface area contributed by atoms with E-state index in [9.17, 15) is 4.79 Å². The van der Waals surface area contributed by atoms with Crippen LogP contribution in [0.1, 0.15) is 33.1 Å². The first-order valence-electron chi connectivity index (χ1n) is 4.73. The number of rotatable bonds is 6. The zero-order valence-corrected chi connectivity index (χ0v) is 8.36. The molecule has 74 valence electrons. The summed E-state index contributed by atoms with van der Waals surface area (Å²) in [6.45, 7) is 3.94. The molecule has 2 nitrogen and oxygen atoms in total. The number of carboxylic acids is 1. The summed E-state index contributed by atoms with van der Waals surface area (Å²) in [5.41, 5.74) is 0. The Morgan fingerprint density at radius 1 is 1.46 bits per heavy atom. The molecule has 0 amide bonds. The molecule has 0 bridgehead atoms. The minimum absolute atomic E-state index is 0.363. The Balaban J connectivity index is 3.89. The van der Waals surface area contributed by atoms with Gasteiger partial charge in [-0.25, -0.2) is 0 Å². The molecule has 2 heteroatoms. The van der Waals surface area contributed by atoms with E-state index < -0.39 is 5.97 Å². The molecular formula is C11H18O2. The van der Waals surface area contributed by atoms with Crippen molar-refractivity contribution in [2.45, 2.75) is 33.1 Å². The molecule has 1 atom stereocenters. The summed E-state index contributed by atoms with van der Waals surface area (Å²) in [6, 6.07) is 0. The first kappa shape index (κ1) is 11.9.